The number of hydrazine groups is 1. The lowest BCUT2D eigenvalue weighted by molar-refractivity contribution is -0.136. The molecule has 0 saturated carbocycles. The van der Waals surface area contributed by atoms with Gasteiger partial charge in [0.25, 0.3) is 5.91 Å². The molecule has 3 aliphatic rings. The van der Waals surface area contributed by atoms with Gasteiger partial charge in [0.1, 0.15) is 11.8 Å². The number of nitrogens with one attached hydrogen (secondary N) is 1. The lowest BCUT2D eigenvalue weighted by atomic mass is 9.97. The summed E-state index contributed by atoms with van der Waals surface area (Å²) in [5.41, 5.74) is 8.32. The van der Waals surface area contributed by atoms with Gasteiger partial charge in [-0.25, -0.2) is 5.43 Å². The second-order valence-corrected chi connectivity index (χ2v) is 9.83. The van der Waals surface area contributed by atoms with E-state index in [-0.39, 0.29) is 23.9 Å². The first-order valence-electron chi connectivity index (χ1n) is 12.7. The van der Waals surface area contributed by atoms with E-state index in [4.69, 9.17) is 4.74 Å². The van der Waals surface area contributed by atoms with Crippen LogP contribution < -0.4 is 15.1 Å². The van der Waals surface area contributed by atoms with Crippen molar-refractivity contribution in [2.75, 3.05) is 44.7 Å². The number of methoxy groups -OCH3 is 1. The molecule has 5 rings (SSSR count). The number of rotatable bonds is 6. The maximum atomic E-state index is 13.2. The number of carbonyl (C=O) groups is 2. The van der Waals surface area contributed by atoms with Crippen LogP contribution in [0.4, 0.5) is 5.69 Å². The van der Waals surface area contributed by atoms with Gasteiger partial charge in [-0.05, 0) is 61.2 Å². The third-order valence-corrected chi connectivity index (χ3v) is 7.64. The number of ether oxygens (including phenoxy) is 1. The molecule has 0 spiro atoms. The molecule has 2 unspecified atom stereocenters. The van der Waals surface area contributed by atoms with Gasteiger partial charge in [0.2, 0.25) is 5.91 Å². The summed E-state index contributed by atoms with van der Waals surface area (Å²) in [6.45, 7) is 7.59. The first-order chi connectivity index (χ1) is 17.4. The topological polar surface area (TPSA) is 68.4 Å². The Bertz CT molecular complexity index is 1140. The van der Waals surface area contributed by atoms with Gasteiger partial charge in [-0.15, -0.1) is 0 Å². The Morgan fingerprint density at radius 2 is 1.75 bits per heavy atom. The Balaban J connectivity index is 1.11. The fourth-order valence-electron chi connectivity index (χ4n) is 5.20. The number of benzene rings is 2. The zero-order valence-corrected chi connectivity index (χ0v) is 21.3. The minimum absolute atomic E-state index is 0.0495. The molecule has 0 aromatic heterocycles. The van der Waals surface area contributed by atoms with Gasteiger partial charge in [0.05, 0.1) is 13.2 Å². The number of piperazine rings is 1. The fraction of sp³-hybridized carbons (Fsp3) is 0.429. The summed E-state index contributed by atoms with van der Waals surface area (Å²) in [6.07, 6.45) is 4.76. The normalized spacial score (nSPS) is 21.7. The highest BCUT2D eigenvalue weighted by atomic mass is 16.5. The van der Waals surface area contributed by atoms with E-state index in [9.17, 15) is 9.59 Å². The van der Waals surface area contributed by atoms with Crippen molar-refractivity contribution in [1.82, 2.24) is 20.2 Å². The molecule has 36 heavy (non-hydrogen) atoms. The molecule has 2 saturated heterocycles. The summed E-state index contributed by atoms with van der Waals surface area (Å²) < 4.78 is 5.24. The molecule has 2 atom stereocenters. The molecule has 3 heterocycles. The molecule has 1 N–H and O–H groups in total. The molecular formula is C28H35N5O3. The van der Waals surface area contributed by atoms with Crippen molar-refractivity contribution in [3.63, 3.8) is 0 Å². The smallest absolute Gasteiger partial charge is 0.250 e. The van der Waals surface area contributed by atoms with Crippen LogP contribution in [-0.2, 0) is 9.59 Å². The van der Waals surface area contributed by atoms with E-state index >= 15 is 0 Å². The molecule has 2 fully saturated rings. The summed E-state index contributed by atoms with van der Waals surface area (Å²) in [4.78, 5) is 32.0. The molecule has 2 aromatic rings. The van der Waals surface area contributed by atoms with Gasteiger partial charge >= 0.3 is 0 Å². The number of carbonyl (C=O) groups excluding carboxylic acids is 2. The van der Waals surface area contributed by atoms with Crippen molar-refractivity contribution < 1.29 is 14.3 Å². The molecule has 0 bridgehead atoms. The molecule has 8 heteroatoms. The van der Waals surface area contributed by atoms with Crippen LogP contribution in [0.25, 0.3) is 0 Å². The lowest BCUT2D eigenvalue weighted by Gasteiger charge is -2.37. The van der Waals surface area contributed by atoms with Crippen LogP contribution >= 0.6 is 0 Å². The van der Waals surface area contributed by atoms with Crippen molar-refractivity contribution in [3.05, 3.63) is 71.6 Å². The van der Waals surface area contributed by atoms with Crippen LogP contribution in [0.15, 0.2) is 54.9 Å². The van der Waals surface area contributed by atoms with E-state index in [2.05, 4.69) is 54.5 Å². The highest BCUT2D eigenvalue weighted by Gasteiger charge is 2.40. The predicted octanol–water partition coefficient (Wildman–Crippen LogP) is 2.98. The summed E-state index contributed by atoms with van der Waals surface area (Å²) in [6, 6.07) is 14.4. The Morgan fingerprint density at radius 1 is 1.00 bits per heavy atom. The summed E-state index contributed by atoms with van der Waals surface area (Å²) in [5.74, 6) is 0.991. The minimum Gasteiger partial charge on any atom is -0.497 e. The van der Waals surface area contributed by atoms with E-state index in [1.807, 2.05) is 28.2 Å². The summed E-state index contributed by atoms with van der Waals surface area (Å²) in [5, 5.41) is 1.92. The highest BCUT2D eigenvalue weighted by molar-refractivity contribution is 5.85. The number of hydrogen-bond donors (Lipinski definition) is 1. The third-order valence-electron chi connectivity index (χ3n) is 7.64. The Hall–Kier alpha value is -3.52. The van der Waals surface area contributed by atoms with Crippen LogP contribution in [0.1, 0.15) is 35.6 Å². The van der Waals surface area contributed by atoms with Gasteiger partial charge < -0.3 is 24.4 Å². The first-order valence-corrected chi connectivity index (χ1v) is 12.7. The standard InChI is InChI=1S/C28H35N5O3/c1-20-4-5-22(18-21(20)2)25-19-26-28(35)32(16-17-33(26)29-25)11-10-27(34)31-14-12-30(13-15-31)23-6-8-24(36-3)9-7-23/h4-9,16-18,25-26,29H,10-15,19H2,1-3H3. The zero-order chi connectivity index (χ0) is 25.2. The molecule has 2 aromatic carbocycles. The number of amides is 2. The Labute approximate surface area is 213 Å². The van der Waals surface area contributed by atoms with E-state index in [0.717, 1.165) is 24.5 Å². The van der Waals surface area contributed by atoms with Gasteiger partial charge in [0, 0.05) is 57.2 Å². The number of nitrogens with zero attached hydrogens (tertiary/aromatic N) is 4. The van der Waals surface area contributed by atoms with Gasteiger partial charge in [-0.3, -0.25) is 9.59 Å². The maximum absolute atomic E-state index is 13.2. The SMILES string of the molecule is COc1ccc(N2CCN(C(=O)CCN3C=CN4NC(c5ccc(C)c(C)c5)CC4C3=O)CC2)cc1. The lowest BCUT2D eigenvalue weighted by Crippen LogP contribution is -2.50. The predicted molar refractivity (Wildman–Crippen MR) is 139 cm³/mol. The third kappa shape index (κ3) is 4.91. The van der Waals surface area contributed by atoms with Gasteiger partial charge in [0.15, 0.2) is 0 Å². The molecule has 8 nitrogen and oxygen atoms in total. The summed E-state index contributed by atoms with van der Waals surface area (Å²) in [7, 11) is 1.66. The quantitative estimate of drug-likeness (QED) is 0.673. The van der Waals surface area contributed by atoms with Crippen LogP contribution in [0.5, 0.6) is 5.75 Å². The van der Waals surface area contributed by atoms with Crippen LogP contribution in [0.2, 0.25) is 0 Å². The van der Waals surface area contributed by atoms with Gasteiger partial charge in [-0.2, -0.15) is 0 Å². The number of hydrogen-bond acceptors (Lipinski definition) is 6. The van der Waals surface area contributed by atoms with E-state index < -0.39 is 0 Å². The zero-order valence-electron chi connectivity index (χ0n) is 21.3. The average molecular weight is 490 g/mol. The molecule has 2 amide bonds. The number of fused-ring (bicyclic) bond motifs is 1. The molecule has 190 valence electrons. The van der Waals surface area contributed by atoms with E-state index in [1.165, 1.54) is 16.7 Å². The number of aryl methyl sites for hydroxylation is 2. The van der Waals surface area contributed by atoms with Crippen molar-refractivity contribution in [3.8, 4) is 5.75 Å². The highest BCUT2D eigenvalue weighted by Crippen LogP contribution is 2.31. The Kier molecular flexibility index (Phi) is 6.87. The van der Waals surface area contributed by atoms with Crippen molar-refractivity contribution in [2.45, 2.75) is 38.8 Å². The van der Waals surface area contributed by atoms with Crippen LogP contribution in [0.3, 0.4) is 0 Å². The fourth-order valence-corrected chi connectivity index (χ4v) is 5.20. The first kappa shape index (κ1) is 24.2. The van der Waals surface area contributed by atoms with E-state index in [0.29, 0.717) is 32.5 Å². The minimum atomic E-state index is -0.246. The van der Waals surface area contributed by atoms with Crippen molar-refractivity contribution in [1.29, 1.82) is 0 Å². The number of anilines is 1. The monoisotopic (exact) mass is 489 g/mol. The van der Waals surface area contributed by atoms with Crippen LogP contribution in [-0.4, -0.2) is 72.5 Å². The summed E-state index contributed by atoms with van der Waals surface area (Å²) >= 11 is 0. The second kappa shape index (κ2) is 10.2. The molecule has 3 aliphatic heterocycles. The van der Waals surface area contributed by atoms with Crippen LogP contribution in [0, 0.1) is 13.8 Å². The second-order valence-electron chi connectivity index (χ2n) is 9.83. The average Bonchev–Trinajstić information content (AvgIpc) is 3.35. The maximum Gasteiger partial charge on any atom is 0.250 e. The Morgan fingerprint density at radius 3 is 2.44 bits per heavy atom. The molecular weight excluding hydrogens is 454 g/mol. The van der Waals surface area contributed by atoms with Crippen molar-refractivity contribution >= 4 is 17.5 Å². The van der Waals surface area contributed by atoms with Crippen molar-refractivity contribution in [2.24, 2.45) is 0 Å². The largest absolute Gasteiger partial charge is 0.497 e. The van der Waals surface area contributed by atoms with E-state index in [1.54, 1.807) is 18.2 Å². The molecule has 0 radical (unpaired) electrons. The molecule has 0 aliphatic carbocycles. The van der Waals surface area contributed by atoms with Gasteiger partial charge in [-0.1, -0.05) is 18.2 Å².